The summed E-state index contributed by atoms with van der Waals surface area (Å²) in [6.07, 6.45) is 2.49. The molecule has 0 radical (unpaired) electrons. The molecular weight excluding hydrogens is 364 g/mol. The number of nitrogens with one attached hydrogen (secondary N) is 3. The average Bonchev–Trinajstić information content (AvgIpc) is 3.41. The summed E-state index contributed by atoms with van der Waals surface area (Å²) in [6.45, 7) is 6.58. The van der Waals surface area contributed by atoms with E-state index in [1.165, 1.54) is 22.6 Å². The van der Waals surface area contributed by atoms with Crippen LogP contribution in [0.3, 0.4) is 0 Å². The van der Waals surface area contributed by atoms with Crippen LogP contribution in [0, 0.1) is 0 Å². The molecule has 0 aliphatic carbocycles. The Morgan fingerprint density at radius 1 is 1.33 bits per heavy atom. The molecule has 8 nitrogen and oxygen atoms in total. The molecule has 148 valence electrons. The fourth-order valence-corrected chi connectivity index (χ4v) is 4.26. The highest BCUT2D eigenvalue weighted by atomic mass is 32.1. The molecule has 3 N–H and O–H groups in total. The molecule has 3 amide bonds. The minimum atomic E-state index is -0.324. The molecular formula is C18H28N6O2S. The summed E-state index contributed by atoms with van der Waals surface area (Å²) >= 11 is 1.78. The molecule has 1 aromatic rings. The van der Waals surface area contributed by atoms with Crippen LogP contribution >= 0.6 is 11.3 Å². The monoisotopic (exact) mass is 392 g/mol. The second-order valence-corrected chi connectivity index (χ2v) is 7.60. The molecule has 27 heavy (non-hydrogen) atoms. The highest BCUT2D eigenvalue weighted by Gasteiger charge is 2.28. The zero-order chi connectivity index (χ0) is 19.1. The first-order chi connectivity index (χ1) is 13.2. The van der Waals surface area contributed by atoms with Gasteiger partial charge in [0.25, 0.3) is 0 Å². The quantitative estimate of drug-likeness (QED) is 0.349. The smallest absolute Gasteiger partial charge is 0.324 e. The molecule has 0 bridgehead atoms. The van der Waals surface area contributed by atoms with Gasteiger partial charge < -0.3 is 16.0 Å². The van der Waals surface area contributed by atoms with E-state index in [-0.39, 0.29) is 18.5 Å². The van der Waals surface area contributed by atoms with E-state index in [4.69, 9.17) is 4.99 Å². The maximum absolute atomic E-state index is 11.6. The van der Waals surface area contributed by atoms with Crippen molar-refractivity contribution < 1.29 is 9.59 Å². The summed E-state index contributed by atoms with van der Waals surface area (Å²) in [5.74, 6) is 0.529. The number of guanidine groups is 1. The summed E-state index contributed by atoms with van der Waals surface area (Å²) in [7, 11) is 0. The Morgan fingerprint density at radius 2 is 2.15 bits per heavy atom. The minimum absolute atomic E-state index is 0.0886. The molecule has 0 spiro atoms. The first-order valence-electron chi connectivity index (χ1n) is 9.57. The Hall–Kier alpha value is -2.13. The molecule has 0 aromatic carbocycles. The Morgan fingerprint density at radius 3 is 2.78 bits per heavy atom. The van der Waals surface area contributed by atoms with Crippen molar-refractivity contribution in [3.05, 3.63) is 22.4 Å². The predicted molar refractivity (Wildman–Crippen MR) is 107 cm³/mol. The van der Waals surface area contributed by atoms with Gasteiger partial charge in [-0.3, -0.25) is 19.6 Å². The number of likely N-dealkylation sites (tertiary alicyclic amines) is 1. The van der Waals surface area contributed by atoms with E-state index in [0.29, 0.717) is 31.6 Å². The van der Waals surface area contributed by atoms with Gasteiger partial charge in [0.15, 0.2) is 5.96 Å². The summed E-state index contributed by atoms with van der Waals surface area (Å²) < 4.78 is 0. The number of hydrogen-bond acceptors (Lipinski definition) is 5. The van der Waals surface area contributed by atoms with Gasteiger partial charge in [-0.15, -0.1) is 11.3 Å². The van der Waals surface area contributed by atoms with E-state index in [1.807, 2.05) is 6.92 Å². The van der Waals surface area contributed by atoms with E-state index in [2.05, 4.69) is 38.4 Å². The number of imide groups is 1. The lowest BCUT2D eigenvalue weighted by molar-refractivity contribution is -0.124. The predicted octanol–water partition coefficient (Wildman–Crippen LogP) is 0.992. The highest BCUT2D eigenvalue weighted by Crippen LogP contribution is 2.28. The fraction of sp³-hybridized carbons (Fsp3) is 0.611. The third-order valence-corrected chi connectivity index (χ3v) is 5.76. The highest BCUT2D eigenvalue weighted by molar-refractivity contribution is 7.10. The maximum atomic E-state index is 11.6. The van der Waals surface area contributed by atoms with Crippen LogP contribution in [0.15, 0.2) is 22.5 Å². The van der Waals surface area contributed by atoms with Crippen molar-refractivity contribution in [2.24, 2.45) is 4.99 Å². The molecule has 0 saturated carbocycles. The summed E-state index contributed by atoms with van der Waals surface area (Å²) in [4.78, 5) is 33.1. The standard InChI is InChI=1S/C18H28N6O2S/c1-2-19-17(20-7-10-24-16(25)13-22-18(24)26)21-12-14(15-6-5-11-27-15)23-8-3-4-9-23/h5-6,11,14H,2-4,7-10,12-13H2,1H3,(H,22,26)(H2,19,20,21). The number of aliphatic imine (C=N–C) groups is 1. The summed E-state index contributed by atoms with van der Waals surface area (Å²) in [5, 5.41) is 11.1. The number of urea groups is 1. The first kappa shape index (κ1) is 19.6. The SMILES string of the molecule is CCNC(=NCC(c1cccs1)N1CCCC1)NCCN1C(=O)CNC1=O. The topological polar surface area (TPSA) is 89.1 Å². The van der Waals surface area contributed by atoms with Crippen molar-refractivity contribution in [2.45, 2.75) is 25.8 Å². The van der Waals surface area contributed by atoms with Crippen LogP contribution < -0.4 is 16.0 Å². The third-order valence-electron chi connectivity index (χ3n) is 4.78. The number of amides is 3. The van der Waals surface area contributed by atoms with Crippen molar-refractivity contribution in [1.29, 1.82) is 0 Å². The van der Waals surface area contributed by atoms with Crippen LogP contribution in [0.25, 0.3) is 0 Å². The summed E-state index contributed by atoms with van der Waals surface area (Å²) in [6, 6.07) is 4.25. The van der Waals surface area contributed by atoms with Crippen LogP contribution in [0.5, 0.6) is 0 Å². The molecule has 2 aliphatic heterocycles. The number of nitrogens with zero attached hydrogens (tertiary/aromatic N) is 3. The first-order valence-corrected chi connectivity index (χ1v) is 10.4. The van der Waals surface area contributed by atoms with Gasteiger partial charge in [0.05, 0.1) is 19.1 Å². The van der Waals surface area contributed by atoms with Gasteiger partial charge in [0.2, 0.25) is 5.91 Å². The normalized spacial score (nSPS) is 19.4. The third kappa shape index (κ3) is 5.20. The lowest BCUT2D eigenvalue weighted by Crippen LogP contribution is -2.43. The Balaban J connectivity index is 1.58. The van der Waals surface area contributed by atoms with Gasteiger partial charge in [0, 0.05) is 24.5 Å². The molecule has 2 aliphatic rings. The van der Waals surface area contributed by atoms with Crippen molar-refractivity contribution in [2.75, 3.05) is 45.8 Å². The van der Waals surface area contributed by atoms with Crippen LogP contribution in [0.1, 0.15) is 30.7 Å². The van der Waals surface area contributed by atoms with Gasteiger partial charge in [-0.05, 0) is 44.3 Å². The second kappa shape index (κ2) is 9.70. The van der Waals surface area contributed by atoms with Gasteiger partial charge in [-0.2, -0.15) is 0 Å². The van der Waals surface area contributed by atoms with E-state index in [1.54, 1.807) is 11.3 Å². The molecule has 3 rings (SSSR count). The Bertz CT molecular complexity index is 641. The van der Waals surface area contributed by atoms with Crippen molar-refractivity contribution in [3.63, 3.8) is 0 Å². The minimum Gasteiger partial charge on any atom is -0.357 e. The van der Waals surface area contributed by atoms with E-state index in [9.17, 15) is 9.59 Å². The van der Waals surface area contributed by atoms with Gasteiger partial charge >= 0.3 is 6.03 Å². The van der Waals surface area contributed by atoms with E-state index < -0.39 is 0 Å². The second-order valence-electron chi connectivity index (χ2n) is 6.62. The molecule has 2 saturated heterocycles. The number of hydrogen-bond donors (Lipinski definition) is 3. The lowest BCUT2D eigenvalue weighted by atomic mass is 10.2. The van der Waals surface area contributed by atoms with Crippen LogP contribution in [-0.2, 0) is 4.79 Å². The molecule has 1 atom stereocenters. The number of carbonyl (C=O) groups is 2. The van der Waals surface area contributed by atoms with Crippen LogP contribution in [0.4, 0.5) is 4.79 Å². The molecule has 2 fully saturated rings. The molecule has 3 heterocycles. The van der Waals surface area contributed by atoms with Crippen LogP contribution in [0.2, 0.25) is 0 Å². The van der Waals surface area contributed by atoms with Crippen molar-refractivity contribution in [3.8, 4) is 0 Å². The van der Waals surface area contributed by atoms with Gasteiger partial charge in [0.1, 0.15) is 0 Å². The Kier molecular flexibility index (Phi) is 7.05. The van der Waals surface area contributed by atoms with E-state index >= 15 is 0 Å². The molecule has 1 unspecified atom stereocenters. The summed E-state index contributed by atoms with van der Waals surface area (Å²) in [5.41, 5.74) is 0. The van der Waals surface area contributed by atoms with Gasteiger partial charge in [-0.25, -0.2) is 4.79 Å². The zero-order valence-corrected chi connectivity index (χ0v) is 16.6. The number of rotatable bonds is 8. The lowest BCUT2D eigenvalue weighted by Gasteiger charge is -2.25. The fourth-order valence-electron chi connectivity index (χ4n) is 3.41. The zero-order valence-electron chi connectivity index (χ0n) is 15.7. The van der Waals surface area contributed by atoms with E-state index in [0.717, 1.165) is 19.6 Å². The Labute approximate surface area is 164 Å². The number of carbonyl (C=O) groups excluding carboxylic acids is 2. The van der Waals surface area contributed by atoms with Crippen LogP contribution in [-0.4, -0.2) is 73.5 Å². The average molecular weight is 393 g/mol. The molecule has 9 heteroatoms. The largest absolute Gasteiger partial charge is 0.357 e. The van der Waals surface area contributed by atoms with Gasteiger partial charge in [-0.1, -0.05) is 6.07 Å². The molecule has 1 aromatic heterocycles. The maximum Gasteiger partial charge on any atom is 0.324 e. The van der Waals surface area contributed by atoms with Crippen molar-refractivity contribution >= 4 is 29.2 Å². The number of thiophene rings is 1. The van der Waals surface area contributed by atoms with Crippen molar-refractivity contribution in [1.82, 2.24) is 25.8 Å².